The summed E-state index contributed by atoms with van der Waals surface area (Å²) in [6.45, 7) is 0.830. The molecule has 0 saturated heterocycles. The highest BCUT2D eigenvalue weighted by atomic mass is 35.5. The van der Waals surface area contributed by atoms with E-state index in [1.807, 2.05) is 0 Å². The van der Waals surface area contributed by atoms with E-state index in [2.05, 4.69) is 10.2 Å². The molecule has 1 aliphatic rings. The largest absolute Gasteiger partial charge is 0.436 e. The van der Waals surface area contributed by atoms with Crippen LogP contribution in [0.4, 0.5) is 13.2 Å². The molecule has 0 aliphatic carbocycles. The lowest BCUT2D eigenvalue weighted by atomic mass is 10.2. The van der Waals surface area contributed by atoms with Gasteiger partial charge >= 0.3 is 6.18 Å². The van der Waals surface area contributed by atoms with Crippen LogP contribution >= 0.6 is 11.6 Å². The molecule has 2 aromatic heterocycles. The molecule has 136 valence electrons. The number of aliphatic hydroxyl groups is 1. The van der Waals surface area contributed by atoms with E-state index in [1.165, 1.54) is 11.9 Å². The third-order valence-electron chi connectivity index (χ3n) is 3.97. The topological polar surface area (TPSA) is 76.2 Å². The van der Waals surface area contributed by atoms with Gasteiger partial charge in [0.05, 0.1) is 24.5 Å². The Bertz CT molecular complexity index is 814. The molecule has 2 aromatic rings. The third-order valence-corrected chi connectivity index (χ3v) is 4.33. The molecular formula is C14H15ClF3N5O2. The Balaban J connectivity index is 1.92. The van der Waals surface area contributed by atoms with Gasteiger partial charge in [0.25, 0.3) is 5.91 Å². The first-order valence-electron chi connectivity index (χ1n) is 7.47. The number of aryl methyl sites for hydroxylation is 2. The molecule has 0 bridgehead atoms. The zero-order valence-corrected chi connectivity index (χ0v) is 14.0. The molecule has 1 aliphatic heterocycles. The zero-order valence-electron chi connectivity index (χ0n) is 13.2. The molecule has 11 heteroatoms. The number of fused-ring (bicyclic) bond motifs is 1. The first kappa shape index (κ1) is 17.7. The molecular weight excluding hydrogens is 363 g/mol. The molecule has 7 nitrogen and oxygen atoms in total. The van der Waals surface area contributed by atoms with Crippen molar-refractivity contribution in [1.29, 1.82) is 0 Å². The summed E-state index contributed by atoms with van der Waals surface area (Å²) in [5.41, 5.74) is -0.404. The molecule has 0 radical (unpaired) electrons. The third kappa shape index (κ3) is 3.23. The summed E-state index contributed by atoms with van der Waals surface area (Å²) in [5, 5.41) is 16.0. The van der Waals surface area contributed by atoms with E-state index in [-0.39, 0.29) is 18.8 Å². The zero-order chi connectivity index (χ0) is 18.4. The van der Waals surface area contributed by atoms with Gasteiger partial charge in [0.1, 0.15) is 10.7 Å². The van der Waals surface area contributed by atoms with Gasteiger partial charge in [-0.3, -0.25) is 14.2 Å². The van der Waals surface area contributed by atoms with Crippen molar-refractivity contribution < 1.29 is 23.1 Å². The summed E-state index contributed by atoms with van der Waals surface area (Å²) in [6.07, 6.45) is -4.16. The van der Waals surface area contributed by atoms with Crippen LogP contribution in [0.3, 0.4) is 0 Å². The number of carbonyl (C=O) groups is 1. The van der Waals surface area contributed by atoms with Crippen LogP contribution < -0.4 is 0 Å². The van der Waals surface area contributed by atoms with Crippen molar-refractivity contribution in [3.63, 3.8) is 0 Å². The predicted molar refractivity (Wildman–Crippen MR) is 80.7 cm³/mol. The molecule has 3 heterocycles. The fourth-order valence-corrected chi connectivity index (χ4v) is 3.18. The Morgan fingerprint density at radius 3 is 2.68 bits per heavy atom. The SMILES string of the molecule is Cn1nc(C(F)(F)F)c(Cl)c1C(=O)N1CCCn2nc(CO)cc2C1. The number of nitrogens with zero attached hydrogens (tertiary/aromatic N) is 5. The lowest BCUT2D eigenvalue weighted by Crippen LogP contribution is -2.32. The summed E-state index contributed by atoms with van der Waals surface area (Å²) in [7, 11) is 1.25. The highest BCUT2D eigenvalue weighted by Gasteiger charge is 2.40. The Kier molecular flexibility index (Phi) is 4.50. The van der Waals surface area contributed by atoms with Crippen LogP contribution in [0.5, 0.6) is 0 Å². The van der Waals surface area contributed by atoms with Gasteiger partial charge in [-0.05, 0) is 12.5 Å². The second-order valence-electron chi connectivity index (χ2n) is 5.72. The summed E-state index contributed by atoms with van der Waals surface area (Å²) in [6, 6.07) is 1.66. The average molecular weight is 378 g/mol. The second kappa shape index (κ2) is 6.34. The lowest BCUT2D eigenvalue weighted by Gasteiger charge is -2.20. The van der Waals surface area contributed by atoms with Crippen molar-refractivity contribution >= 4 is 17.5 Å². The van der Waals surface area contributed by atoms with Crippen LogP contribution in [0.2, 0.25) is 5.02 Å². The highest BCUT2D eigenvalue weighted by Crippen LogP contribution is 2.36. The number of carbonyl (C=O) groups excluding carboxylic acids is 1. The maximum absolute atomic E-state index is 12.9. The van der Waals surface area contributed by atoms with Gasteiger partial charge in [0.2, 0.25) is 0 Å². The first-order chi connectivity index (χ1) is 11.7. The number of rotatable bonds is 2. The number of halogens is 4. The number of alkyl halides is 3. The van der Waals surface area contributed by atoms with Gasteiger partial charge in [-0.1, -0.05) is 11.6 Å². The summed E-state index contributed by atoms with van der Waals surface area (Å²) in [5.74, 6) is -0.629. The number of amides is 1. The summed E-state index contributed by atoms with van der Waals surface area (Å²) < 4.78 is 41.3. The Hall–Kier alpha value is -2.07. The van der Waals surface area contributed by atoms with Crippen molar-refractivity contribution in [2.45, 2.75) is 32.3 Å². The number of hydrogen-bond acceptors (Lipinski definition) is 4. The van der Waals surface area contributed by atoms with Crippen LogP contribution in [0, 0.1) is 0 Å². The van der Waals surface area contributed by atoms with Crippen molar-refractivity contribution in [2.75, 3.05) is 6.54 Å². The number of hydrogen-bond donors (Lipinski definition) is 1. The molecule has 0 atom stereocenters. The average Bonchev–Trinajstić information content (AvgIpc) is 2.99. The van der Waals surface area contributed by atoms with Crippen LogP contribution in [-0.4, -0.2) is 42.0 Å². The Labute approximate surface area is 145 Å². The predicted octanol–water partition coefficient (Wildman–Crippen LogP) is 1.83. The van der Waals surface area contributed by atoms with E-state index in [4.69, 9.17) is 11.6 Å². The minimum absolute atomic E-state index is 0.161. The standard InChI is InChI=1S/C14H15ClF3N5O2/c1-21-11(10(15)12(20-21)14(16,17)18)13(25)22-3-2-4-23-9(6-22)5-8(7-24)19-23/h5,24H,2-4,6-7H2,1H3. The van der Waals surface area contributed by atoms with E-state index in [9.17, 15) is 23.1 Å². The second-order valence-corrected chi connectivity index (χ2v) is 6.10. The van der Waals surface area contributed by atoms with Gasteiger partial charge in [0.15, 0.2) is 5.69 Å². The molecule has 0 saturated carbocycles. The minimum atomic E-state index is -4.74. The first-order valence-corrected chi connectivity index (χ1v) is 7.85. The summed E-state index contributed by atoms with van der Waals surface area (Å²) in [4.78, 5) is 14.2. The van der Waals surface area contributed by atoms with E-state index in [0.717, 1.165) is 4.68 Å². The fourth-order valence-electron chi connectivity index (χ4n) is 2.83. The van der Waals surface area contributed by atoms with Gasteiger partial charge in [-0.15, -0.1) is 0 Å². The van der Waals surface area contributed by atoms with Gasteiger partial charge in [-0.25, -0.2) is 0 Å². The Morgan fingerprint density at radius 1 is 1.36 bits per heavy atom. The van der Waals surface area contributed by atoms with Gasteiger partial charge in [0, 0.05) is 20.1 Å². The lowest BCUT2D eigenvalue weighted by molar-refractivity contribution is -0.141. The van der Waals surface area contributed by atoms with E-state index in [1.54, 1.807) is 10.7 Å². The van der Waals surface area contributed by atoms with Gasteiger partial charge < -0.3 is 10.0 Å². The number of aliphatic hydroxyl groups excluding tert-OH is 1. The minimum Gasteiger partial charge on any atom is -0.390 e. The maximum atomic E-state index is 12.9. The summed E-state index contributed by atoms with van der Waals surface area (Å²) >= 11 is 5.79. The molecule has 1 N–H and O–H groups in total. The van der Waals surface area contributed by atoms with E-state index in [0.29, 0.717) is 30.9 Å². The highest BCUT2D eigenvalue weighted by molar-refractivity contribution is 6.34. The van der Waals surface area contributed by atoms with Crippen molar-refractivity contribution in [3.8, 4) is 0 Å². The quantitative estimate of drug-likeness (QED) is 0.866. The Morgan fingerprint density at radius 2 is 2.08 bits per heavy atom. The van der Waals surface area contributed by atoms with Crippen molar-refractivity contribution in [2.24, 2.45) is 7.05 Å². The van der Waals surface area contributed by atoms with Crippen molar-refractivity contribution in [3.05, 3.63) is 33.9 Å². The smallest absolute Gasteiger partial charge is 0.390 e. The molecule has 25 heavy (non-hydrogen) atoms. The van der Waals surface area contributed by atoms with Gasteiger partial charge in [-0.2, -0.15) is 23.4 Å². The van der Waals surface area contributed by atoms with Crippen LogP contribution in [0.15, 0.2) is 6.07 Å². The van der Waals surface area contributed by atoms with Crippen LogP contribution in [0.1, 0.15) is 34.0 Å². The molecule has 1 amide bonds. The van der Waals surface area contributed by atoms with Crippen molar-refractivity contribution in [1.82, 2.24) is 24.5 Å². The molecule has 0 unspecified atom stereocenters. The molecule has 0 aromatic carbocycles. The van der Waals surface area contributed by atoms with E-state index >= 15 is 0 Å². The fraction of sp³-hybridized carbons (Fsp3) is 0.500. The number of aromatic nitrogens is 4. The maximum Gasteiger partial charge on any atom is 0.436 e. The molecule has 0 spiro atoms. The molecule has 0 fully saturated rings. The monoisotopic (exact) mass is 377 g/mol. The van der Waals surface area contributed by atoms with Crippen LogP contribution in [-0.2, 0) is 32.9 Å². The van der Waals surface area contributed by atoms with E-state index < -0.39 is 22.8 Å². The van der Waals surface area contributed by atoms with Crippen LogP contribution in [0.25, 0.3) is 0 Å². The normalized spacial score (nSPS) is 15.2. The molecule has 3 rings (SSSR count).